The van der Waals surface area contributed by atoms with Crippen LogP contribution >= 0.6 is 15.9 Å². The van der Waals surface area contributed by atoms with E-state index in [2.05, 4.69) is 20.9 Å². The van der Waals surface area contributed by atoms with Gasteiger partial charge in [0.2, 0.25) is 0 Å². The van der Waals surface area contributed by atoms with E-state index >= 15 is 0 Å². The SMILES string of the molecule is CN(Cc1ccccc1Br)c1ncccc1C(=O)O. The van der Waals surface area contributed by atoms with Crippen LogP contribution in [0.25, 0.3) is 0 Å². The van der Waals surface area contributed by atoms with Gasteiger partial charge in [0.15, 0.2) is 0 Å². The van der Waals surface area contributed by atoms with Crippen LogP contribution in [0.5, 0.6) is 0 Å². The number of carboxylic acid groups (broad SMARTS) is 1. The molecule has 0 aliphatic rings. The third-order valence-electron chi connectivity index (χ3n) is 2.74. The van der Waals surface area contributed by atoms with Gasteiger partial charge in [-0.15, -0.1) is 0 Å². The molecule has 0 amide bonds. The van der Waals surface area contributed by atoms with Crippen LogP contribution in [0.4, 0.5) is 5.82 Å². The second-order valence-electron chi connectivity index (χ2n) is 4.13. The van der Waals surface area contributed by atoms with E-state index in [0.717, 1.165) is 10.0 Å². The Morgan fingerprint density at radius 2 is 2.05 bits per heavy atom. The smallest absolute Gasteiger partial charge is 0.339 e. The number of rotatable bonds is 4. The Labute approximate surface area is 119 Å². The van der Waals surface area contributed by atoms with Crippen molar-refractivity contribution in [3.05, 3.63) is 58.2 Å². The molecule has 1 heterocycles. The first-order chi connectivity index (χ1) is 9.09. The zero-order valence-electron chi connectivity index (χ0n) is 10.4. The van der Waals surface area contributed by atoms with Crippen LogP contribution in [-0.4, -0.2) is 23.1 Å². The Hall–Kier alpha value is -1.88. The molecule has 2 aromatic rings. The summed E-state index contributed by atoms with van der Waals surface area (Å²) in [6, 6.07) is 11.0. The van der Waals surface area contributed by atoms with Gasteiger partial charge in [-0.1, -0.05) is 34.1 Å². The molecule has 0 bridgehead atoms. The van der Waals surface area contributed by atoms with Crippen molar-refractivity contribution in [1.82, 2.24) is 4.98 Å². The molecule has 0 atom stereocenters. The number of anilines is 1. The van der Waals surface area contributed by atoms with E-state index < -0.39 is 5.97 Å². The minimum absolute atomic E-state index is 0.206. The van der Waals surface area contributed by atoms with E-state index in [0.29, 0.717) is 12.4 Å². The minimum Gasteiger partial charge on any atom is -0.478 e. The molecule has 98 valence electrons. The van der Waals surface area contributed by atoms with Crippen LogP contribution in [0.2, 0.25) is 0 Å². The third-order valence-corrected chi connectivity index (χ3v) is 3.52. The lowest BCUT2D eigenvalue weighted by Gasteiger charge is -2.20. The topological polar surface area (TPSA) is 53.4 Å². The average molecular weight is 321 g/mol. The molecule has 0 spiro atoms. The van der Waals surface area contributed by atoms with Gasteiger partial charge in [-0.25, -0.2) is 9.78 Å². The summed E-state index contributed by atoms with van der Waals surface area (Å²) < 4.78 is 0.995. The van der Waals surface area contributed by atoms with Gasteiger partial charge in [-0.05, 0) is 23.8 Å². The lowest BCUT2D eigenvalue weighted by atomic mass is 10.2. The number of benzene rings is 1. The number of nitrogens with zero attached hydrogens (tertiary/aromatic N) is 2. The van der Waals surface area contributed by atoms with Crippen LogP contribution in [0.3, 0.4) is 0 Å². The molecule has 0 aliphatic heterocycles. The molecule has 19 heavy (non-hydrogen) atoms. The van der Waals surface area contributed by atoms with Gasteiger partial charge in [0.1, 0.15) is 11.4 Å². The largest absolute Gasteiger partial charge is 0.478 e. The van der Waals surface area contributed by atoms with Gasteiger partial charge >= 0.3 is 5.97 Å². The molecule has 0 radical (unpaired) electrons. The third kappa shape index (κ3) is 3.12. The van der Waals surface area contributed by atoms with Gasteiger partial charge in [-0.3, -0.25) is 0 Å². The Bertz CT molecular complexity index is 602. The fourth-order valence-electron chi connectivity index (χ4n) is 1.83. The molecule has 0 saturated carbocycles. The second kappa shape index (κ2) is 5.84. The number of hydrogen-bond donors (Lipinski definition) is 1. The molecule has 4 nitrogen and oxygen atoms in total. The summed E-state index contributed by atoms with van der Waals surface area (Å²) in [6.45, 7) is 0.582. The molecule has 0 unspecified atom stereocenters. The fraction of sp³-hybridized carbons (Fsp3) is 0.143. The highest BCUT2D eigenvalue weighted by Crippen LogP contribution is 2.22. The van der Waals surface area contributed by atoms with Gasteiger partial charge in [0, 0.05) is 24.3 Å². The van der Waals surface area contributed by atoms with Crippen LogP contribution in [0.15, 0.2) is 47.1 Å². The quantitative estimate of drug-likeness (QED) is 0.940. The highest BCUT2D eigenvalue weighted by Gasteiger charge is 2.15. The van der Waals surface area contributed by atoms with Crippen LogP contribution in [0.1, 0.15) is 15.9 Å². The molecule has 0 aliphatic carbocycles. The Balaban J connectivity index is 2.28. The number of carbonyl (C=O) groups is 1. The zero-order valence-corrected chi connectivity index (χ0v) is 12.0. The highest BCUT2D eigenvalue weighted by molar-refractivity contribution is 9.10. The lowest BCUT2D eigenvalue weighted by Crippen LogP contribution is -2.20. The van der Waals surface area contributed by atoms with E-state index in [9.17, 15) is 4.79 Å². The summed E-state index contributed by atoms with van der Waals surface area (Å²) in [5.41, 5.74) is 1.28. The van der Waals surface area contributed by atoms with Crippen molar-refractivity contribution < 1.29 is 9.90 Å². The number of halogens is 1. The van der Waals surface area contributed by atoms with E-state index in [-0.39, 0.29) is 5.56 Å². The first-order valence-electron chi connectivity index (χ1n) is 5.72. The first kappa shape index (κ1) is 13.5. The molecular formula is C14H13BrN2O2. The molecule has 2 rings (SSSR count). The predicted molar refractivity (Wildman–Crippen MR) is 77.4 cm³/mol. The van der Waals surface area contributed by atoms with Crippen molar-refractivity contribution in [2.24, 2.45) is 0 Å². The number of carboxylic acids is 1. The Morgan fingerprint density at radius 1 is 1.32 bits per heavy atom. The Morgan fingerprint density at radius 3 is 2.74 bits per heavy atom. The average Bonchev–Trinajstić information content (AvgIpc) is 2.41. The first-order valence-corrected chi connectivity index (χ1v) is 6.51. The molecule has 1 aromatic heterocycles. The van der Waals surface area contributed by atoms with E-state index in [1.165, 1.54) is 0 Å². The summed E-state index contributed by atoms with van der Waals surface area (Å²) in [5, 5.41) is 9.16. The number of hydrogen-bond acceptors (Lipinski definition) is 3. The molecule has 5 heteroatoms. The normalized spacial score (nSPS) is 10.2. The maximum Gasteiger partial charge on any atom is 0.339 e. The number of pyridine rings is 1. The fourth-order valence-corrected chi connectivity index (χ4v) is 2.24. The minimum atomic E-state index is -0.970. The maximum absolute atomic E-state index is 11.2. The number of aromatic carboxylic acids is 1. The molecule has 1 N–H and O–H groups in total. The summed E-state index contributed by atoms with van der Waals surface area (Å²) in [5.74, 6) is -0.507. The summed E-state index contributed by atoms with van der Waals surface area (Å²) in [4.78, 5) is 17.1. The molecule has 0 saturated heterocycles. The summed E-state index contributed by atoms with van der Waals surface area (Å²) in [6.07, 6.45) is 1.60. The van der Waals surface area contributed by atoms with Crippen molar-refractivity contribution in [2.45, 2.75) is 6.54 Å². The zero-order chi connectivity index (χ0) is 13.8. The molecule has 1 aromatic carbocycles. The summed E-state index contributed by atoms with van der Waals surface area (Å²) in [7, 11) is 1.83. The predicted octanol–water partition coefficient (Wildman–Crippen LogP) is 3.18. The van der Waals surface area contributed by atoms with E-state index in [4.69, 9.17) is 5.11 Å². The van der Waals surface area contributed by atoms with Gasteiger partial charge < -0.3 is 10.0 Å². The standard InChI is InChI=1S/C14H13BrN2O2/c1-17(9-10-5-2-3-7-12(10)15)13-11(14(18)19)6-4-8-16-13/h2-8H,9H2,1H3,(H,18,19). The molecule has 0 fully saturated rings. The second-order valence-corrected chi connectivity index (χ2v) is 4.98. The summed E-state index contributed by atoms with van der Waals surface area (Å²) >= 11 is 3.48. The maximum atomic E-state index is 11.2. The van der Waals surface area contributed by atoms with Crippen molar-refractivity contribution >= 4 is 27.7 Å². The van der Waals surface area contributed by atoms with Crippen molar-refractivity contribution in [3.63, 3.8) is 0 Å². The lowest BCUT2D eigenvalue weighted by molar-refractivity contribution is 0.0697. The Kier molecular flexibility index (Phi) is 4.16. The van der Waals surface area contributed by atoms with E-state index in [1.807, 2.05) is 36.2 Å². The van der Waals surface area contributed by atoms with Gasteiger partial charge in [0.05, 0.1) is 0 Å². The van der Waals surface area contributed by atoms with Crippen molar-refractivity contribution in [1.29, 1.82) is 0 Å². The van der Waals surface area contributed by atoms with Gasteiger partial charge in [-0.2, -0.15) is 0 Å². The van der Waals surface area contributed by atoms with Crippen LogP contribution in [-0.2, 0) is 6.54 Å². The van der Waals surface area contributed by atoms with Gasteiger partial charge in [0.25, 0.3) is 0 Å². The van der Waals surface area contributed by atoms with Crippen molar-refractivity contribution in [2.75, 3.05) is 11.9 Å². The van der Waals surface area contributed by atoms with E-state index in [1.54, 1.807) is 18.3 Å². The van der Waals surface area contributed by atoms with Crippen LogP contribution < -0.4 is 4.90 Å². The molecular weight excluding hydrogens is 308 g/mol. The number of aromatic nitrogens is 1. The monoisotopic (exact) mass is 320 g/mol. The van der Waals surface area contributed by atoms with Crippen molar-refractivity contribution in [3.8, 4) is 0 Å². The van der Waals surface area contributed by atoms with Crippen LogP contribution in [0, 0.1) is 0 Å². The highest BCUT2D eigenvalue weighted by atomic mass is 79.9.